The summed E-state index contributed by atoms with van der Waals surface area (Å²) >= 11 is 5.03. The lowest BCUT2D eigenvalue weighted by Gasteiger charge is -2.11. The van der Waals surface area contributed by atoms with E-state index in [9.17, 15) is 8.78 Å². The normalized spacial score (nSPS) is 12.7. The van der Waals surface area contributed by atoms with Gasteiger partial charge in [-0.05, 0) is 51.8 Å². The smallest absolute Gasteiger partial charge is 0.162 e. The molecule has 0 saturated carbocycles. The zero-order chi connectivity index (χ0) is 13.1. The molecule has 0 radical (unpaired) electrons. The maximum absolute atomic E-state index is 13.5. The van der Waals surface area contributed by atoms with Crippen molar-refractivity contribution in [3.63, 3.8) is 0 Å². The van der Waals surface area contributed by atoms with Crippen LogP contribution in [0.4, 0.5) is 8.78 Å². The summed E-state index contributed by atoms with van der Waals surface area (Å²) in [5.74, 6) is -1.62. The van der Waals surface area contributed by atoms with E-state index in [1.807, 2.05) is 11.4 Å². The van der Waals surface area contributed by atoms with Gasteiger partial charge in [-0.3, -0.25) is 0 Å². The highest BCUT2D eigenvalue weighted by molar-refractivity contribution is 9.10. The summed E-state index contributed by atoms with van der Waals surface area (Å²) in [5.41, 5.74) is 6.31. The molecule has 2 rings (SSSR count). The van der Waals surface area contributed by atoms with Gasteiger partial charge in [0.2, 0.25) is 0 Å². The Morgan fingerprint density at radius 1 is 1.22 bits per heavy atom. The van der Waals surface area contributed by atoms with Gasteiger partial charge in [0, 0.05) is 15.4 Å². The van der Waals surface area contributed by atoms with Crippen molar-refractivity contribution < 1.29 is 8.78 Å². The van der Waals surface area contributed by atoms with Crippen molar-refractivity contribution in [2.75, 3.05) is 0 Å². The standard InChI is InChI=1S/C13H12BrF2NS/c14-10-4-5-18-12(10)7-9(17)6-8-2-1-3-11(15)13(8)16/h1-5,9H,6-7,17H2. The lowest BCUT2D eigenvalue weighted by atomic mass is 10.0. The minimum absolute atomic E-state index is 0.226. The Bertz CT molecular complexity index is 542. The molecule has 2 aromatic rings. The molecular formula is C13H12BrF2NS. The first kappa shape index (κ1) is 13.6. The highest BCUT2D eigenvalue weighted by atomic mass is 79.9. The molecule has 1 aromatic heterocycles. The Morgan fingerprint density at radius 2 is 2.00 bits per heavy atom. The van der Waals surface area contributed by atoms with Crippen molar-refractivity contribution in [3.8, 4) is 0 Å². The molecule has 0 spiro atoms. The van der Waals surface area contributed by atoms with Crippen LogP contribution >= 0.6 is 27.3 Å². The molecule has 1 aromatic carbocycles. The summed E-state index contributed by atoms with van der Waals surface area (Å²) in [5, 5.41) is 1.97. The molecular weight excluding hydrogens is 320 g/mol. The molecule has 0 bridgehead atoms. The fourth-order valence-electron chi connectivity index (χ4n) is 1.77. The minimum Gasteiger partial charge on any atom is -0.327 e. The molecule has 18 heavy (non-hydrogen) atoms. The van der Waals surface area contributed by atoms with Crippen molar-refractivity contribution in [2.45, 2.75) is 18.9 Å². The van der Waals surface area contributed by atoms with E-state index in [2.05, 4.69) is 15.9 Å². The van der Waals surface area contributed by atoms with E-state index < -0.39 is 11.6 Å². The van der Waals surface area contributed by atoms with Crippen LogP contribution in [0, 0.1) is 11.6 Å². The van der Waals surface area contributed by atoms with Crippen LogP contribution in [0.5, 0.6) is 0 Å². The molecule has 0 saturated heterocycles. The van der Waals surface area contributed by atoms with E-state index in [1.54, 1.807) is 17.4 Å². The second-order valence-corrected chi connectivity index (χ2v) is 5.93. The SMILES string of the molecule is NC(Cc1cccc(F)c1F)Cc1sccc1Br. The highest BCUT2D eigenvalue weighted by Crippen LogP contribution is 2.24. The third-order valence-electron chi connectivity index (χ3n) is 2.65. The van der Waals surface area contributed by atoms with Crippen molar-refractivity contribution >= 4 is 27.3 Å². The molecule has 1 heterocycles. The lowest BCUT2D eigenvalue weighted by molar-refractivity contribution is 0.493. The summed E-state index contributed by atoms with van der Waals surface area (Å²) in [7, 11) is 0. The van der Waals surface area contributed by atoms with Gasteiger partial charge in [-0.1, -0.05) is 12.1 Å². The average molecular weight is 332 g/mol. The van der Waals surface area contributed by atoms with Crippen molar-refractivity contribution in [2.24, 2.45) is 5.73 Å². The Morgan fingerprint density at radius 3 is 2.67 bits per heavy atom. The van der Waals surface area contributed by atoms with Crippen LogP contribution < -0.4 is 5.73 Å². The van der Waals surface area contributed by atoms with Crippen LogP contribution in [-0.4, -0.2) is 6.04 Å². The number of nitrogens with two attached hydrogens (primary N) is 1. The molecule has 0 aliphatic carbocycles. The fraction of sp³-hybridized carbons (Fsp3) is 0.231. The predicted octanol–water partition coefficient (Wildman–Crippen LogP) is 3.90. The van der Waals surface area contributed by atoms with Gasteiger partial charge in [0.05, 0.1) is 0 Å². The first-order valence-corrected chi connectivity index (χ1v) is 7.15. The number of hydrogen-bond acceptors (Lipinski definition) is 2. The topological polar surface area (TPSA) is 26.0 Å². The third-order valence-corrected chi connectivity index (χ3v) is 4.60. The second kappa shape index (κ2) is 5.91. The molecule has 1 unspecified atom stereocenters. The zero-order valence-corrected chi connectivity index (χ0v) is 11.9. The maximum Gasteiger partial charge on any atom is 0.162 e. The Hall–Kier alpha value is -0.780. The molecule has 1 nitrogen and oxygen atoms in total. The Kier molecular flexibility index (Phi) is 4.48. The van der Waals surface area contributed by atoms with Gasteiger partial charge in [0.15, 0.2) is 11.6 Å². The van der Waals surface area contributed by atoms with Crippen LogP contribution in [0.3, 0.4) is 0 Å². The Labute approximate surface area is 117 Å². The fourth-order valence-corrected chi connectivity index (χ4v) is 3.38. The van der Waals surface area contributed by atoms with Gasteiger partial charge >= 0.3 is 0 Å². The van der Waals surface area contributed by atoms with E-state index in [1.165, 1.54) is 6.07 Å². The third kappa shape index (κ3) is 3.16. The van der Waals surface area contributed by atoms with E-state index >= 15 is 0 Å². The quantitative estimate of drug-likeness (QED) is 0.903. The number of rotatable bonds is 4. The molecule has 1 atom stereocenters. The molecule has 96 valence electrons. The van der Waals surface area contributed by atoms with Gasteiger partial charge in [-0.25, -0.2) is 8.78 Å². The van der Waals surface area contributed by atoms with Gasteiger partial charge in [0.25, 0.3) is 0 Å². The van der Waals surface area contributed by atoms with Gasteiger partial charge in [-0.15, -0.1) is 11.3 Å². The molecule has 2 N–H and O–H groups in total. The summed E-state index contributed by atoms with van der Waals surface area (Å²) in [6.45, 7) is 0. The zero-order valence-electron chi connectivity index (χ0n) is 9.50. The van der Waals surface area contributed by atoms with Gasteiger partial charge < -0.3 is 5.73 Å². The van der Waals surface area contributed by atoms with Crippen molar-refractivity contribution in [3.05, 3.63) is 56.2 Å². The molecule has 0 aliphatic rings. The molecule has 0 fully saturated rings. The van der Waals surface area contributed by atoms with Crippen LogP contribution in [0.1, 0.15) is 10.4 Å². The maximum atomic E-state index is 13.5. The number of hydrogen-bond donors (Lipinski definition) is 1. The van der Waals surface area contributed by atoms with E-state index in [4.69, 9.17) is 5.73 Å². The number of thiophene rings is 1. The lowest BCUT2D eigenvalue weighted by Crippen LogP contribution is -2.25. The first-order chi connectivity index (χ1) is 8.58. The van der Waals surface area contributed by atoms with Crippen molar-refractivity contribution in [1.82, 2.24) is 0 Å². The van der Waals surface area contributed by atoms with Gasteiger partial charge in [-0.2, -0.15) is 0 Å². The highest BCUT2D eigenvalue weighted by Gasteiger charge is 2.13. The summed E-state index contributed by atoms with van der Waals surface area (Å²) in [6.07, 6.45) is 0.974. The summed E-state index contributed by atoms with van der Waals surface area (Å²) in [4.78, 5) is 1.12. The first-order valence-electron chi connectivity index (χ1n) is 5.48. The largest absolute Gasteiger partial charge is 0.327 e. The van der Waals surface area contributed by atoms with Crippen LogP contribution in [0.15, 0.2) is 34.1 Å². The van der Waals surface area contributed by atoms with Gasteiger partial charge in [0.1, 0.15) is 0 Å². The number of benzene rings is 1. The molecule has 5 heteroatoms. The van der Waals surface area contributed by atoms with E-state index in [-0.39, 0.29) is 6.04 Å². The minimum atomic E-state index is -0.822. The summed E-state index contributed by atoms with van der Waals surface area (Å²) in [6, 6.07) is 5.91. The Balaban J connectivity index is 2.05. The van der Waals surface area contributed by atoms with Crippen LogP contribution in [0.2, 0.25) is 0 Å². The van der Waals surface area contributed by atoms with E-state index in [0.29, 0.717) is 18.4 Å². The molecule has 0 aliphatic heterocycles. The second-order valence-electron chi connectivity index (χ2n) is 4.07. The molecule has 0 amide bonds. The summed E-state index contributed by atoms with van der Waals surface area (Å²) < 4.78 is 27.5. The predicted molar refractivity (Wildman–Crippen MR) is 73.8 cm³/mol. The van der Waals surface area contributed by atoms with Crippen LogP contribution in [0.25, 0.3) is 0 Å². The van der Waals surface area contributed by atoms with Crippen molar-refractivity contribution in [1.29, 1.82) is 0 Å². The van der Waals surface area contributed by atoms with E-state index in [0.717, 1.165) is 15.4 Å². The monoisotopic (exact) mass is 331 g/mol. The van der Waals surface area contributed by atoms with Crippen LogP contribution in [-0.2, 0) is 12.8 Å². The average Bonchev–Trinajstić information content (AvgIpc) is 2.71. The number of halogens is 3.